The van der Waals surface area contributed by atoms with E-state index < -0.39 is 12.2 Å². The fourth-order valence-electron chi connectivity index (χ4n) is 0.697. The van der Waals surface area contributed by atoms with Gasteiger partial charge in [-0.15, -0.1) is 11.3 Å². The zero-order chi connectivity index (χ0) is 7.56. The molecule has 2 atom stereocenters. The van der Waals surface area contributed by atoms with E-state index in [4.69, 9.17) is 5.11 Å². The zero-order valence-corrected chi connectivity index (χ0v) is 6.51. The first kappa shape index (κ1) is 7.72. The van der Waals surface area contributed by atoms with Gasteiger partial charge in [0.15, 0.2) is 0 Å². The van der Waals surface area contributed by atoms with Crippen LogP contribution in [0.25, 0.3) is 0 Å². The first-order valence-corrected chi connectivity index (χ1v) is 3.99. The summed E-state index contributed by atoms with van der Waals surface area (Å²) in [4.78, 5) is 0.815. The SMILES string of the molecule is C[C@@H](O)[C@H](O)c1cccs1. The van der Waals surface area contributed by atoms with E-state index in [9.17, 15) is 5.11 Å². The Kier molecular flexibility index (Phi) is 2.43. The summed E-state index contributed by atoms with van der Waals surface area (Å²) in [5.74, 6) is 0. The van der Waals surface area contributed by atoms with Crippen LogP contribution < -0.4 is 0 Å². The predicted molar refractivity (Wildman–Crippen MR) is 41.0 cm³/mol. The van der Waals surface area contributed by atoms with E-state index in [1.165, 1.54) is 11.3 Å². The van der Waals surface area contributed by atoms with Gasteiger partial charge in [-0.3, -0.25) is 0 Å². The highest BCUT2D eigenvalue weighted by molar-refractivity contribution is 7.10. The lowest BCUT2D eigenvalue weighted by atomic mass is 10.2. The number of aliphatic hydroxyl groups is 2. The molecule has 56 valence electrons. The van der Waals surface area contributed by atoms with E-state index >= 15 is 0 Å². The maximum Gasteiger partial charge on any atom is 0.114 e. The van der Waals surface area contributed by atoms with Crippen LogP contribution in [-0.4, -0.2) is 16.3 Å². The summed E-state index contributed by atoms with van der Waals surface area (Å²) < 4.78 is 0. The fraction of sp³-hybridized carbons (Fsp3) is 0.429. The molecule has 0 amide bonds. The molecule has 0 unspecified atom stereocenters. The third kappa shape index (κ3) is 1.56. The van der Waals surface area contributed by atoms with Crippen LogP contribution in [-0.2, 0) is 0 Å². The van der Waals surface area contributed by atoms with Crippen molar-refractivity contribution in [2.24, 2.45) is 0 Å². The fourth-order valence-corrected chi connectivity index (χ4v) is 1.51. The molecule has 0 aliphatic heterocycles. The van der Waals surface area contributed by atoms with Gasteiger partial charge in [-0.1, -0.05) is 6.07 Å². The smallest absolute Gasteiger partial charge is 0.114 e. The molecule has 2 nitrogen and oxygen atoms in total. The molecule has 3 heteroatoms. The Bertz CT molecular complexity index is 181. The van der Waals surface area contributed by atoms with Crippen molar-refractivity contribution in [3.63, 3.8) is 0 Å². The van der Waals surface area contributed by atoms with Crippen molar-refractivity contribution in [3.05, 3.63) is 22.4 Å². The summed E-state index contributed by atoms with van der Waals surface area (Å²) in [5.41, 5.74) is 0. The summed E-state index contributed by atoms with van der Waals surface area (Å²) in [6, 6.07) is 3.66. The van der Waals surface area contributed by atoms with Crippen molar-refractivity contribution < 1.29 is 10.2 Å². The van der Waals surface area contributed by atoms with Gasteiger partial charge >= 0.3 is 0 Å². The first-order chi connectivity index (χ1) is 4.72. The Labute approximate surface area is 63.8 Å². The summed E-state index contributed by atoms with van der Waals surface area (Å²) in [5, 5.41) is 20.1. The van der Waals surface area contributed by atoms with Crippen molar-refractivity contribution in [1.29, 1.82) is 0 Å². The van der Waals surface area contributed by atoms with Crippen molar-refractivity contribution in [1.82, 2.24) is 0 Å². The van der Waals surface area contributed by atoms with Crippen LogP contribution >= 0.6 is 11.3 Å². The lowest BCUT2D eigenvalue weighted by Crippen LogP contribution is -2.11. The maximum absolute atomic E-state index is 9.25. The van der Waals surface area contributed by atoms with Gasteiger partial charge in [-0.25, -0.2) is 0 Å². The Balaban J connectivity index is 2.68. The molecule has 0 saturated carbocycles. The average Bonchev–Trinajstić information content (AvgIpc) is 2.36. The van der Waals surface area contributed by atoms with Crippen molar-refractivity contribution in [2.45, 2.75) is 19.1 Å². The van der Waals surface area contributed by atoms with E-state index in [1.54, 1.807) is 6.92 Å². The minimum atomic E-state index is -0.722. The number of rotatable bonds is 2. The molecular formula is C7H10O2S. The molecular weight excluding hydrogens is 148 g/mol. The van der Waals surface area contributed by atoms with Gasteiger partial charge < -0.3 is 10.2 Å². The number of thiophene rings is 1. The average molecular weight is 158 g/mol. The number of hydrogen-bond acceptors (Lipinski definition) is 3. The molecule has 0 aliphatic rings. The van der Waals surface area contributed by atoms with Crippen LogP contribution in [0.5, 0.6) is 0 Å². The second-order valence-electron chi connectivity index (χ2n) is 2.20. The lowest BCUT2D eigenvalue weighted by Gasteiger charge is -2.10. The van der Waals surface area contributed by atoms with Gasteiger partial charge in [0.05, 0.1) is 6.10 Å². The molecule has 1 rings (SSSR count). The van der Waals surface area contributed by atoms with Gasteiger partial charge in [0, 0.05) is 4.88 Å². The number of aliphatic hydroxyl groups excluding tert-OH is 2. The molecule has 0 saturated heterocycles. The van der Waals surface area contributed by atoms with E-state index in [1.807, 2.05) is 17.5 Å². The van der Waals surface area contributed by atoms with Gasteiger partial charge in [-0.05, 0) is 18.4 Å². The second-order valence-corrected chi connectivity index (χ2v) is 3.18. The molecule has 0 aromatic carbocycles. The molecule has 0 bridgehead atoms. The molecule has 10 heavy (non-hydrogen) atoms. The Morgan fingerprint density at radius 1 is 1.50 bits per heavy atom. The van der Waals surface area contributed by atoms with E-state index in [2.05, 4.69) is 0 Å². The minimum absolute atomic E-state index is 0.682. The highest BCUT2D eigenvalue weighted by Gasteiger charge is 2.13. The Morgan fingerprint density at radius 3 is 2.60 bits per heavy atom. The van der Waals surface area contributed by atoms with E-state index in [0.29, 0.717) is 0 Å². The number of hydrogen-bond donors (Lipinski definition) is 2. The van der Waals surface area contributed by atoms with Crippen molar-refractivity contribution >= 4 is 11.3 Å². The molecule has 0 radical (unpaired) electrons. The molecule has 0 spiro atoms. The van der Waals surface area contributed by atoms with Gasteiger partial charge in [0.1, 0.15) is 6.10 Å². The molecule has 0 aliphatic carbocycles. The quantitative estimate of drug-likeness (QED) is 0.678. The van der Waals surface area contributed by atoms with Crippen molar-refractivity contribution in [3.8, 4) is 0 Å². The van der Waals surface area contributed by atoms with E-state index in [-0.39, 0.29) is 0 Å². The first-order valence-electron chi connectivity index (χ1n) is 3.11. The maximum atomic E-state index is 9.25. The Morgan fingerprint density at radius 2 is 2.20 bits per heavy atom. The molecule has 2 N–H and O–H groups in total. The van der Waals surface area contributed by atoms with Crippen LogP contribution in [0.15, 0.2) is 17.5 Å². The summed E-state index contributed by atoms with van der Waals surface area (Å²) in [6.45, 7) is 1.57. The monoisotopic (exact) mass is 158 g/mol. The van der Waals surface area contributed by atoms with Crippen molar-refractivity contribution in [2.75, 3.05) is 0 Å². The summed E-state index contributed by atoms with van der Waals surface area (Å²) in [7, 11) is 0. The van der Waals surface area contributed by atoms with Gasteiger partial charge in [0.2, 0.25) is 0 Å². The third-order valence-electron chi connectivity index (χ3n) is 1.29. The molecule has 1 aromatic rings. The standard InChI is InChI=1S/C7H10O2S/c1-5(8)7(9)6-3-2-4-10-6/h2-5,7-9H,1H3/t5-,7+/m1/s1. The van der Waals surface area contributed by atoms with Crippen LogP contribution in [0.1, 0.15) is 17.9 Å². The van der Waals surface area contributed by atoms with E-state index in [0.717, 1.165) is 4.88 Å². The predicted octanol–water partition coefficient (Wildman–Crippen LogP) is 1.16. The largest absolute Gasteiger partial charge is 0.390 e. The third-order valence-corrected chi connectivity index (χ3v) is 2.23. The zero-order valence-electron chi connectivity index (χ0n) is 5.69. The normalized spacial score (nSPS) is 16.7. The summed E-state index contributed by atoms with van der Waals surface area (Å²) in [6.07, 6.45) is -1.40. The van der Waals surface area contributed by atoms with Crippen LogP contribution in [0.2, 0.25) is 0 Å². The highest BCUT2D eigenvalue weighted by Crippen LogP contribution is 2.21. The lowest BCUT2D eigenvalue weighted by molar-refractivity contribution is 0.0328. The topological polar surface area (TPSA) is 40.5 Å². The van der Waals surface area contributed by atoms with Gasteiger partial charge in [-0.2, -0.15) is 0 Å². The summed E-state index contributed by atoms with van der Waals surface area (Å²) >= 11 is 1.45. The highest BCUT2D eigenvalue weighted by atomic mass is 32.1. The molecule has 1 heterocycles. The molecule has 1 aromatic heterocycles. The van der Waals surface area contributed by atoms with Crippen LogP contribution in [0, 0.1) is 0 Å². The minimum Gasteiger partial charge on any atom is -0.390 e. The Hall–Kier alpha value is -0.380. The van der Waals surface area contributed by atoms with Crippen LogP contribution in [0.3, 0.4) is 0 Å². The van der Waals surface area contributed by atoms with Crippen LogP contribution in [0.4, 0.5) is 0 Å². The molecule has 0 fully saturated rings. The van der Waals surface area contributed by atoms with Gasteiger partial charge in [0.25, 0.3) is 0 Å². The second kappa shape index (κ2) is 3.14.